The van der Waals surface area contributed by atoms with E-state index in [0.29, 0.717) is 12.6 Å². The number of hydrogen-bond acceptors (Lipinski definition) is 5. The van der Waals surface area contributed by atoms with Gasteiger partial charge in [-0.25, -0.2) is 9.59 Å². The zero-order valence-corrected chi connectivity index (χ0v) is 12.6. The molecule has 0 aromatic heterocycles. The molecule has 0 atom stereocenters. The Balaban J connectivity index is 0.000000379. The normalized spacial score (nSPS) is 14.4. The predicted molar refractivity (Wildman–Crippen MR) is 82.1 cm³/mol. The first-order valence-electron chi connectivity index (χ1n) is 7.33. The van der Waals surface area contributed by atoms with Crippen LogP contribution in [0.25, 0.3) is 0 Å². The number of nitro groups is 1. The van der Waals surface area contributed by atoms with Gasteiger partial charge in [-0.15, -0.1) is 0 Å². The highest BCUT2D eigenvalue weighted by atomic mass is 16.6. The van der Waals surface area contributed by atoms with Gasteiger partial charge in [-0.2, -0.15) is 0 Å². The second-order valence-electron chi connectivity index (χ2n) is 5.21. The van der Waals surface area contributed by atoms with Crippen LogP contribution in [0.1, 0.15) is 37.7 Å². The van der Waals surface area contributed by atoms with Gasteiger partial charge in [-0.05, 0) is 12.8 Å². The molecule has 0 aliphatic heterocycles. The number of carbonyl (C=O) groups is 2. The smallest absolute Gasteiger partial charge is 0.414 e. The fourth-order valence-electron chi connectivity index (χ4n) is 2.40. The molecule has 23 heavy (non-hydrogen) atoms. The molecule has 1 fully saturated rings. The molecular formula is C15H20N2O6. The number of aliphatic carboxylic acids is 2. The van der Waals surface area contributed by atoms with Crippen LogP contribution in [-0.4, -0.2) is 33.1 Å². The number of carboxylic acid groups (broad SMARTS) is 2. The first-order chi connectivity index (χ1) is 10.9. The maximum Gasteiger partial charge on any atom is 0.414 e. The zero-order chi connectivity index (χ0) is 17.2. The average Bonchev–Trinajstić information content (AvgIpc) is 2.54. The third-order valence-corrected chi connectivity index (χ3v) is 3.56. The molecule has 0 bridgehead atoms. The molecule has 1 aliphatic carbocycles. The Bertz CT molecular complexity index is 543. The van der Waals surface area contributed by atoms with Crippen LogP contribution in [0.3, 0.4) is 0 Å². The molecule has 8 nitrogen and oxygen atoms in total. The minimum absolute atomic E-state index is 0.218. The van der Waals surface area contributed by atoms with Crippen molar-refractivity contribution in [2.45, 2.75) is 44.7 Å². The fourth-order valence-corrected chi connectivity index (χ4v) is 2.40. The van der Waals surface area contributed by atoms with Crippen molar-refractivity contribution >= 4 is 17.6 Å². The van der Waals surface area contributed by atoms with Crippen molar-refractivity contribution in [2.75, 3.05) is 0 Å². The average molecular weight is 324 g/mol. The van der Waals surface area contributed by atoms with Crippen molar-refractivity contribution in [1.82, 2.24) is 5.32 Å². The van der Waals surface area contributed by atoms with Gasteiger partial charge in [0.2, 0.25) is 0 Å². The summed E-state index contributed by atoms with van der Waals surface area (Å²) in [7, 11) is 0. The second kappa shape index (κ2) is 9.52. The van der Waals surface area contributed by atoms with Crippen LogP contribution in [0.4, 0.5) is 5.69 Å². The van der Waals surface area contributed by atoms with Gasteiger partial charge >= 0.3 is 11.9 Å². The fraction of sp³-hybridized carbons (Fsp3) is 0.467. The maximum atomic E-state index is 10.9. The zero-order valence-electron chi connectivity index (χ0n) is 12.6. The Kier molecular flexibility index (Phi) is 7.69. The van der Waals surface area contributed by atoms with Crippen LogP contribution in [0.5, 0.6) is 0 Å². The number of carboxylic acids is 2. The van der Waals surface area contributed by atoms with Gasteiger partial charge < -0.3 is 15.5 Å². The van der Waals surface area contributed by atoms with E-state index in [-0.39, 0.29) is 10.6 Å². The van der Waals surface area contributed by atoms with Crippen molar-refractivity contribution in [2.24, 2.45) is 0 Å². The van der Waals surface area contributed by atoms with Crippen LogP contribution in [0, 0.1) is 10.1 Å². The standard InChI is InChI=1S/C13H18N2O2.C2H2O4/c16-15(17)13-9-5-4-6-11(13)10-14-12-7-2-1-3-8-12;3-1(4)2(5)6/h4-6,9,12,14H,1-3,7-8,10H2;(H,3,4)(H,5,6). The number of hydrogen-bond donors (Lipinski definition) is 3. The van der Waals surface area contributed by atoms with E-state index in [1.165, 1.54) is 32.1 Å². The molecule has 1 aromatic rings. The molecule has 0 amide bonds. The van der Waals surface area contributed by atoms with E-state index < -0.39 is 11.9 Å². The minimum atomic E-state index is -1.82. The molecule has 0 heterocycles. The molecule has 0 saturated heterocycles. The lowest BCUT2D eigenvalue weighted by atomic mass is 9.95. The Hall–Kier alpha value is -2.48. The maximum absolute atomic E-state index is 10.9. The molecule has 1 aromatic carbocycles. The summed E-state index contributed by atoms with van der Waals surface area (Å²) in [6.07, 6.45) is 6.26. The summed E-state index contributed by atoms with van der Waals surface area (Å²) in [5.41, 5.74) is 0.999. The van der Waals surface area contributed by atoms with Crippen molar-refractivity contribution in [1.29, 1.82) is 0 Å². The third kappa shape index (κ3) is 6.88. The topological polar surface area (TPSA) is 130 Å². The number of nitrogens with zero attached hydrogens (tertiary/aromatic N) is 1. The number of rotatable bonds is 4. The van der Waals surface area contributed by atoms with Gasteiger partial charge in [0, 0.05) is 24.2 Å². The van der Waals surface area contributed by atoms with E-state index in [4.69, 9.17) is 19.8 Å². The lowest BCUT2D eigenvalue weighted by molar-refractivity contribution is -0.385. The minimum Gasteiger partial charge on any atom is -0.473 e. The largest absolute Gasteiger partial charge is 0.473 e. The van der Waals surface area contributed by atoms with Crippen LogP contribution in [0.15, 0.2) is 24.3 Å². The SMILES string of the molecule is O=C(O)C(=O)O.O=[N+]([O-])c1ccccc1CNC1CCCCC1. The van der Waals surface area contributed by atoms with E-state index in [9.17, 15) is 10.1 Å². The van der Waals surface area contributed by atoms with Gasteiger partial charge in [0.05, 0.1) is 4.92 Å². The lowest BCUT2D eigenvalue weighted by Gasteiger charge is -2.22. The Morgan fingerprint density at radius 1 is 1.13 bits per heavy atom. The Labute approximate surface area is 133 Å². The van der Waals surface area contributed by atoms with E-state index in [1.807, 2.05) is 12.1 Å². The second-order valence-corrected chi connectivity index (χ2v) is 5.21. The summed E-state index contributed by atoms with van der Waals surface area (Å²) in [5.74, 6) is -3.65. The summed E-state index contributed by atoms with van der Waals surface area (Å²) in [5, 5.41) is 29.1. The summed E-state index contributed by atoms with van der Waals surface area (Å²) in [4.78, 5) is 28.7. The molecule has 3 N–H and O–H groups in total. The molecule has 0 radical (unpaired) electrons. The highest BCUT2D eigenvalue weighted by Gasteiger charge is 2.16. The van der Waals surface area contributed by atoms with Crippen LogP contribution in [0.2, 0.25) is 0 Å². The molecule has 1 saturated carbocycles. The monoisotopic (exact) mass is 324 g/mol. The molecular weight excluding hydrogens is 304 g/mol. The van der Waals surface area contributed by atoms with E-state index >= 15 is 0 Å². The van der Waals surface area contributed by atoms with Gasteiger partial charge in [0.1, 0.15) is 0 Å². The first kappa shape index (κ1) is 18.6. The molecule has 0 spiro atoms. The van der Waals surface area contributed by atoms with Crippen LogP contribution in [-0.2, 0) is 16.1 Å². The van der Waals surface area contributed by atoms with Crippen molar-refractivity contribution < 1.29 is 24.7 Å². The highest BCUT2D eigenvalue weighted by molar-refractivity contribution is 6.27. The first-order valence-corrected chi connectivity index (χ1v) is 7.33. The van der Waals surface area contributed by atoms with E-state index in [1.54, 1.807) is 12.1 Å². The van der Waals surface area contributed by atoms with Crippen LogP contribution >= 0.6 is 0 Å². The summed E-state index contributed by atoms with van der Waals surface area (Å²) >= 11 is 0. The van der Waals surface area contributed by atoms with Gasteiger partial charge in [0.25, 0.3) is 5.69 Å². The Morgan fingerprint density at radius 2 is 1.70 bits per heavy atom. The molecule has 126 valence electrons. The van der Waals surface area contributed by atoms with Gasteiger partial charge in [-0.3, -0.25) is 10.1 Å². The van der Waals surface area contributed by atoms with E-state index in [2.05, 4.69) is 5.32 Å². The van der Waals surface area contributed by atoms with Gasteiger partial charge in [-0.1, -0.05) is 37.5 Å². The molecule has 0 unspecified atom stereocenters. The van der Waals surface area contributed by atoms with E-state index in [0.717, 1.165) is 5.56 Å². The molecule has 1 aliphatic rings. The predicted octanol–water partition coefficient (Wildman–Crippen LogP) is 2.17. The van der Waals surface area contributed by atoms with Crippen molar-refractivity contribution in [3.05, 3.63) is 39.9 Å². The molecule has 8 heteroatoms. The quantitative estimate of drug-likeness (QED) is 0.439. The highest BCUT2D eigenvalue weighted by Crippen LogP contribution is 2.20. The molecule has 2 rings (SSSR count). The third-order valence-electron chi connectivity index (χ3n) is 3.56. The number of nitrogens with one attached hydrogen (secondary N) is 1. The summed E-state index contributed by atoms with van der Waals surface area (Å²) in [6, 6.07) is 7.49. The lowest BCUT2D eigenvalue weighted by Crippen LogP contribution is -2.30. The van der Waals surface area contributed by atoms with Crippen molar-refractivity contribution in [3.8, 4) is 0 Å². The van der Waals surface area contributed by atoms with Crippen molar-refractivity contribution in [3.63, 3.8) is 0 Å². The van der Waals surface area contributed by atoms with Gasteiger partial charge in [0.15, 0.2) is 0 Å². The Morgan fingerprint density at radius 3 is 2.22 bits per heavy atom. The summed E-state index contributed by atoms with van der Waals surface area (Å²) < 4.78 is 0. The number of nitro benzene ring substituents is 1. The summed E-state index contributed by atoms with van der Waals surface area (Å²) in [6.45, 7) is 0.599. The number of para-hydroxylation sites is 1. The van der Waals surface area contributed by atoms with Crippen LogP contribution < -0.4 is 5.32 Å². The number of benzene rings is 1.